The number of carbonyl (C=O) groups is 2. The lowest BCUT2D eigenvalue weighted by Crippen LogP contribution is -2.43. The zero-order valence-electron chi connectivity index (χ0n) is 16.0. The number of rotatable bonds is 5. The molecule has 0 bridgehead atoms. The molecule has 2 aromatic carbocycles. The van der Waals surface area contributed by atoms with Gasteiger partial charge in [-0.05, 0) is 49.2 Å². The molecule has 2 amide bonds. The van der Waals surface area contributed by atoms with E-state index in [9.17, 15) is 23.1 Å². The van der Waals surface area contributed by atoms with Crippen molar-refractivity contribution in [1.29, 1.82) is 0 Å². The van der Waals surface area contributed by atoms with E-state index in [0.29, 0.717) is 30.8 Å². The van der Waals surface area contributed by atoms with E-state index in [1.165, 1.54) is 47.6 Å². The first-order valence-electron chi connectivity index (χ1n) is 9.23. The van der Waals surface area contributed by atoms with Crippen LogP contribution in [0.1, 0.15) is 19.8 Å². The van der Waals surface area contributed by atoms with Crippen LogP contribution in [0.15, 0.2) is 53.4 Å². The summed E-state index contributed by atoms with van der Waals surface area (Å²) in [6, 6.07) is 12.2. The summed E-state index contributed by atoms with van der Waals surface area (Å²) >= 11 is 0. The highest BCUT2D eigenvalue weighted by atomic mass is 32.2. The van der Waals surface area contributed by atoms with Gasteiger partial charge in [-0.3, -0.25) is 9.59 Å². The molecule has 1 fully saturated rings. The molecule has 8 nitrogen and oxygen atoms in total. The number of anilines is 2. The molecule has 1 heterocycles. The first kappa shape index (κ1) is 20.8. The SMILES string of the molecule is CC(=O)Nc1ccc(S(=O)(=O)N2CCCC(C(=O)Nc3cccc(O)c3)C2)cc1. The van der Waals surface area contributed by atoms with Crippen LogP contribution >= 0.6 is 0 Å². The first-order chi connectivity index (χ1) is 13.8. The van der Waals surface area contributed by atoms with Crippen molar-refractivity contribution in [1.82, 2.24) is 4.31 Å². The fourth-order valence-corrected chi connectivity index (χ4v) is 4.79. The van der Waals surface area contributed by atoms with Gasteiger partial charge in [0.15, 0.2) is 0 Å². The fraction of sp³-hybridized carbons (Fsp3) is 0.300. The maximum atomic E-state index is 13.0. The molecule has 9 heteroatoms. The summed E-state index contributed by atoms with van der Waals surface area (Å²) in [5.41, 5.74) is 0.974. The van der Waals surface area contributed by atoms with E-state index in [2.05, 4.69) is 10.6 Å². The number of aromatic hydroxyl groups is 1. The first-order valence-corrected chi connectivity index (χ1v) is 10.7. The van der Waals surface area contributed by atoms with E-state index >= 15 is 0 Å². The van der Waals surface area contributed by atoms with Crippen LogP contribution in [0, 0.1) is 5.92 Å². The Labute approximate surface area is 169 Å². The van der Waals surface area contributed by atoms with Crippen LogP contribution in [0.5, 0.6) is 5.75 Å². The van der Waals surface area contributed by atoms with Gasteiger partial charge in [0.1, 0.15) is 5.75 Å². The van der Waals surface area contributed by atoms with Gasteiger partial charge in [0.05, 0.1) is 10.8 Å². The average molecular weight is 417 g/mol. The van der Waals surface area contributed by atoms with Crippen LogP contribution in [-0.2, 0) is 19.6 Å². The van der Waals surface area contributed by atoms with Gasteiger partial charge >= 0.3 is 0 Å². The number of sulfonamides is 1. The van der Waals surface area contributed by atoms with E-state index in [0.717, 1.165) is 0 Å². The fourth-order valence-electron chi connectivity index (χ4n) is 3.27. The lowest BCUT2D eigenvalue weighted by atomic mass is 9.98. The molecule has 1 saturated heterocycles. The maximum Gasteiger partial charge on any atom is 0.243 e. The van der Waals surface area contributed by atoms with Gasteiger partial charge in [0.25, 0.3) is 0 Å². The second kappa shape index (κ2) is 8.62. The van der Waals surface area contributed by atoms with Crippen molar-refractivity contribution in [2.45, 2.75) is 24.7 Å². The van der Waals surface area contributed by atoms with Crippen molar-refractivity contribution in [2.75, 3.05) is 23.7 Å². The van der Waals surface area contributed by atoms with E-state index < -0.39 is 15.9 Å². The molecule has 1 atom stereocenters. The molecule has 1 aliphatic rings. The monoisotopic (exact) mass is 417 g/mol. The zero-order valence-corrected chi connectivity index (χ0v) is 16.8. The molecule has 0 aromatic heterocycles. The third-order valence-electron chi connectivity index (χ3n) is 4.68. The van der Waals surface area contributed by atoms with Crippen molar-refractivity contribution in [3.63, 3.8) is 0 Å². The minimum absolute atomic E-state index is 0.0401. The summed E-state index contributed by atoms with van der Waals surface area (Å²) in [6.07, 6.45) is 1.15. The number of hydrogen-bond acceptors (Lipinski definition) is 5. The van der Waals surface area contributed by atoms with Gasteiger partial charge in [-0.2, -0.15) is 4.31 Å². The normalized spacial score (nSPS) is 17.5. The van der Waals surface area contributed by atoms with Gasteiger partial charge < -0.3 is 15.7 Å². The predicted octanol–water partition coefficient (Wildman–Crippen LogP) is 2.39. The third kappa shape index (κ3) is 5.12. The molecule has 0 aliphatic carbocycles. The topological polar surface area (TPSA) is 116 Å². The summed E-state index contributed by atoms with van der Waals surface area (Å²) in [6.45, 7) is 1.80. The van der Waals surface area contributed by atoms with E-state index in [4.69, 9.17) is 0 Å². The highest BCUT2D eigenvalue weighted by Gasteiger charge is 2.33. The summed E-state index contributed by atoms with van der Waals surface area (Å²) in [5.74, 6) is -0.966. The molecule has 0 spiro atoms. The summed E-state index contributed by atoms with van der Waals surface area (Å²) in [4.78, 5) is 23.8. The molecular formula is C20H23N3O5S. The van der Waals surface area contributed by atoms with Gasteiger partial charge in [-0.25, -0.2) is 8.42 Å². The van der Waals surface area contributed by atoms with Crippen molar-refractivity contribution in [3.05, 3.63) is 48.5 Å². The zero-order chi connectivity index (χ0) is 21.0. The number of amides is 2. The largest absolute Gasteiger partial charge is 0.508 e. The van der Waals surface area contributed by atoms with Crippen molar-refractivity contribution >= 4 is 33.2 Å². The molecule has 0 radical (unpaired) electrons. The Kier molecular flexibility index (Phi) is 6.19. The second-order valence-corrected chi connectivity index (χ2v) is 8.89. The number of hydrogen-bond donors (Lipinski definition) is 3. The maximum absolute atomic E-state index is 13.0. The average Bonchev–Trinajstić information content (AvgIpc) is 2.68. The number of piperidine rings is 1. The Bertz CT molecular complexity index is 1010. The Morgan fingerprint density at radius 3 is 2.45 bits per heavy atom. The minimum Gasteiger partial charge on any atom is -0.508 e. The third-order valence-corrected chi connectivity index (χ3v) is 6.56. The number of phenolic OH excluding ortho intramolecular Hbond substituents is 1. The molecule has 1 unspecified atom stereocenters. The van der Waals surface area contributed by atoms with Gasteiger partial charge in [0.2, 0.25) is 21.8 Å². The van der Waals surface area contributed by atoms with Crippen LogP contribution in [0.2, 0.25) is 0 Å². The Balaban J connectivity index is 1.70. The standard InChI is InChI=1S/C20H23N3O5S/c1-14(24)21-16-7-9-19(10-8-16)29(27,28)23-11-3-4-15(13-23)20(26)22-17-5-2-6-18(25)12-17/h2,5-10,12,15,25H,3-4,11,13H2,1H3,(H,21,24)(H,22,26). The van der Waals surface area contributed by atoms with Gasteiger partial charge in [0, 0.05) is 37.5 Å². The van der Waals surface area contributed by atoms with Crippen LogP contribution in [0.4, 0.5) is 11.4 Å². The van der Waals surface area contributed by atoms with Crippen molar-refractivity contribution < 1.29 is 23.1 Å². The number of nitrogens with zero attached hydrogens (tertiary/aromatic N) is 1. The Morgan fingerprint density at radius 2 is 1.79 bits per heavy atom. The lowest BCUT2D eigenvalue weighted by Gasteiger charge is -2.31. The molecule has 2 aromatic rings. The predicted molar refractivity (Wildman–Crippen MR) is 109 cm³/mol. The second-order valence-electron chi connectivity index (χ2n) is 6.95. The smallest absolute Gasteiger partial charge is 0.243 e. The molecular weight excluding hydrogens is 394 g/mol. The highest BCUT2D eigenvalue weighted by Crippen LogP contribution is 2.26. The summed E-state index contributed by atoms with van der Waals surface area (Å²) in [5, 5.41) is 14.8. The molecule has 154 valence electrons. The van der Waals surface area contributed by atoms with Crippen LogP contribution in [-0.4, -0.2) is 42.7 Å². The van der Waals surface area contributed by atoms with Crippen molar-refractivity contribution in [3.8, 4) is 5.75 Å². The van der Waals surface area contributed by atoms with Gasteiger partial charge in [-0.15, -0.1) is 0 Å². The number of phenols is 1. The van der Waals surface area contributed by atoms with Crippen LogP contribution < -0.4 is 10.6 Å². The molecule has 29 heavy (non-hydrogen) atoms. The summed E-state index contributed by atoms with van der Waals surface area (Å²) < 4.78 is 27.2. The lowest BCUT2D eigenvalue weighted by molar-refractivity contribution is -0.121. The van der Waals surface area contributed by atoms with Crippen molar-refractivity contribution in [2.24, 2.45) is 5.92 Å². The van der Waals surface area contributed by atoms with Crippen LogP contribution in [0.25, 0.3) is 0 Å². The number of benzene rings is 2. The number of carbonyl (C=O) groups excluding carboxylic acids is 2. The molecule has 3 N–H and O–H groups in total. The highest BCUT2D eigenvalue weighted by molar-refractivity contribution is 7.89. The Morgan fingerprint density at radius 1 is 1.07 bits per heavy atom. The molecule has 0 saturated carbocycles. The van der Waals surface area contributed by atoms with Gasteiger partial charge in [-0.1, -0.05) is 6.07 Å². The number of nitrogens with one attached hydrogen (secondary N) is 2. The summed E-state index contributed by atoms with van der Waals surface area (Å²) in [7, 11) is -3.75. The molecule has 3 rings (SSSR count). The Hall–Kier alpha value is -2.91. The van der Waals surface area contributed by atoms with E-state index in [-0.39, 0.29) is 29.0 Å². The quantitative estimate of drug-likeness (QED) is 0.691. The van der Waals surface area contributed by atoms with E-state index in [1.807, 2.05) is 0 Å². The molecule has 1 aliphatic heterocycles. The van der Waals surface area contributed by atoms with E-state index in [1.54, 1.807) is 12.1 Å². The minimum atomic E-state index is -3.75. The van der Waals surface area contributed by atoms with Crippen LogP contribution in [0.3, 0.4) is 0 Å².